The predicted octanol–water partition coefficient (Wildman–Crippen LogP) is 4.63. The SMILES string of the molecule is Cc1cc(OCc2ccc(C(=O)NC(C)C3CC4CCC3C4)o2)ccc1[N+](=O)[O-]. The predicted molar refractivity (Wildman–Crippen MR) is 107 cm³/mol. The van der Waals surface area contributed by atoms with Gasteiger partial charge in [-0.1, -0.05) is 6.42 Å². The standard InChI is InChI=1S/C22H26N2O5/c1-13-9-17(5-7-20(13)24(26)27)28-12-18-6-8-21(29-18)22(25)23-14(2)19-11-15-3-4-16(19)10-15/h5-9,14-16,19H,3-4,10-12H2,1-2H3,(H,23,25). The van der Waals surface area contributed by atoms with Crippen LogP contribution in [0.15, 0.2) is 34.7 Å². The minimum atomic E-state index is -0.422. The van der Waals surface area contributed by atoms with E-state index in [1.807, 2.05) is 0 Å². The van der Waals surface area contributed by atoms with Gasteiger partial charge in [0.15, 0.2) is 5.76 Å². The summed E-state index contributed by atoms with van der Waals surface area (Å²) in [5.41, 5.74) is 0.584. The molecule has 2 fully saturated rings. The van der Waals surface area contributed by atoms with Crippen LogP contribution in [0.4, 0.5) is 5.69 Å². The maximum atomic E-state index is 12.5. The number of fused-ring (bicyclic) bond motifs is 2. The maximum Gasteiger partial charge on any atom is 0.287 e. The number of furan rings is 1. The summed E-state index contributed by atoms with van der Waals surface area (Å²) in [6.45, 7) is 3.90. The second kappa shape index (κ2) is 7.89. The van der Waals surface area contributed by atoms with Crippen LogP contribution in [0.2, 0.25) is 0 Å². The number of benzene rings is 1. The highest BCUT2D eigenvalue weighted by Gasteiger charge is 2.42. The van der Waals surface area contributed by atoms with Gasteiger partial charge in [-0.3, -0.25) is 14.9 Å². The van der Waals surface area contributed by atoms with Crippen LogP contribution >= 0.6 is 0 Å². The van der Waals surface area contributed by atoms with Crippen molar-refractivity contribution in [3.63, 3.8) is 0 Å². The molecule has 4 rings (SSSR count). The number of nitro groups is 1. The average molecular weight is 398 g/mol. The Morgan fingerprint density at radius 3 is 2.79 bits per heavy atom. The van der Waals surface area contributed by atoms with Crippen LogP contribution in [-0.4, -0.2) is 16.9 Å². The molecule has 2 bridgehead atoms. The largest absolute Gasteiger partial charge is 0.486 e. The number of ether oxygens (including phenoxy) is 1. The fourth-order valence-electron chi connectivity index (χ4n) is 4.95. The Balaban J connectivity index is 1.31. The fraction of sp³-hybridized carbons (Fsp3) is 0.500. The average Bonchev–Trinajstić information content (AvgIpc) is 3.42. The zero-order valence-electron chi connectivity index (χ0n) is 16.7. The first-order valence-corrected chi connectivity index (χ1v) is 10.2. The molecule has 0 aliphatic heterocycles. The number of hydrogen-bond acceptors (Lipinski definition) is 5. The molecule has 2 aliphatic rings. The van der Waals surface area contributed by atoms with Crippen molar-refractivity contribution in [2.24, 2.45) is 17.8 Å². The molecule has 7 nitrogen and oxygen atoms in total. The fourth-order valence-corrected chi connectivity index (χ4v) is 4.95. The lowest BCUT2D eigenvalue weighted by molar-refractivity contribution is -0.385. The van der Waals surface area contributed by atoms with Crippen LogP contribution in [0.5, 0.6) is 5.75 Å². The van der Waals surface area contributed by atoms with E-state index < -0.39 is 4.92 Å². The maximum absolute atomic E-state index is 12.5. The molecule has 2 aromatic rings. The van der Waals surface area contributed by atoms with E-state index in [0.29, 0.717) is 23.0 Å². The number of rotatable bonds is 7. The number of nitrogens with one attached hydrogen (secondary N) is 1. The number of aryl methyl sites for hydroxylation is 1. The Hall–Kier alpha value is -2.83. The second-order valence-corrected chi connectivity index (χ2v) is 8.36. The van der Waals surface area contributed by atoms with Crippen molar-refractivity contribution < 1.29 is 18.9 Å². The molecule has 0 spiro atoms. The number of carbonyl (C=O) groups excluding carboxylic acids is 1. The van der Waals surface area contributed by atoms with Crippen LogP contribution in [0.3, 0.4) is 0 Å². The highest BCUT2D eigenvalue weighted by molar-refractivity contribution is 5.91. The molecule has 1 heterocycles. The van der Waals surface area contributed by atoms with Crippen molar-refractivity contribution >= 4 is 11.6 Å². The lowest BCUT2D eigenvalue weighted by Crippen LogP contribution is -2.40. The summed E-state index contributed by atoms with van der Waals surface area (Å²) >= 11 is 0. The van der Waals surface area contributed by atoms with E-state index in [4.69, 9.17) is 9.15 Å². The quantitative estimate of drug-likeness (QED) is 0.542. The summed E-state index contributed by atoms with van der Waals surface area (Å²) in [6, 6.07) is 8.11. The molecular formula is C22H26N2O5. The Morgan fingerprint density at radius 2 is 2.14 bits per heavy atom. The van der Waals surface area contributed by atoms with Gasteiger partial charge in [0, 0.05) is 17.7 Å². The number of hydrogen-bond donors (Lipinski definition) is 1. The molecule has 0 radical (unpaired) electrons. The molecule has 2 saturated carbocycles. The van der Waals surface area contributed by atoms with Gasteiger partial charge in [0.1, 0.15) is 18.1 Å². The van der Waals surface area contributed by atoms with Gasteiger partial charge in [-0.15, -0.1) is 0 Å². The zero-order valence-corrected chi connectivity index (χ0v) is 16.7. The van der Waals surface area contributed by atoms with Crippen LogP contribution < -0.4 is 10.1 Å². The van der Waals surface area contributed by atoms with Gasteiger partial charge in [0.25, 0.3) is 11.6 Å². The topological polar surface area (TPSA) is 94.6 Å². The third-order valence-corrected chi connectivity index (χ3v) is 6.43. The smallest absolute Gasteiger partial charge is 0.287 e. The summed E-state index contributed by atoms with van der Waals surface area (Å²) in [6.07, 6.45) is 5.17. The molecule has 1 amide bonds. The molecule has 154 valence electrons. The first-order valence-electron chi connectivity index (χ1n) is 10.2. The van der Waals surface area contributed by atoms with Crippen molar-refractivity contribution in [3.8, 4) is 5.75 Å². The molecule has 2 aliphatic carbocycles. The minimum Gasteiger partial charge on any atom is -0.486 e. The van der Waals surface area contributed by atoms with Crippen LogP contribution in [0.1, 0.15) is 54.5 Å². The first-order chi connectivity index (χ1) is 13.9. The van der Waals surface area contributed by atoms with E-state index in [9.17, 15) is 14.9 Å². The minimum absolute atomic E-state index is 0.0545. The normalized spacial score (nSPS) is 23.7. The van der Waals surface area contributed by atoms with Gasteiger partial charge in [0.05, 0.1) is 4.92 Å². The lowest BCUT2D eigenvalue weighted by Gasteiger charge is -2.28. The number of nitrogens with zero attached hydrogens (tertiary/aromatic N) is 1. The van der Waals surface area contributed by atoms with Crippen molar-refractivity contribution in [1.82, 2.24) is 5.32 Å². The third kappa shape index (κ3) is 4.13. The zero-order chi connectivity index (χ0) is 20.5. The molecule has 7 heteroatoms. The summed E-state index contributed by atoms with van der Waals surface area (Å²) in [5.74, 6) is 3.29. The van der Waals surface area contributed by atoms with Crippen molar-refractivity contribution in [3.05, 3.63) is 57.5 Å². The Bertz CT molecular complexity index is 922. The van der Waals surface area contributed by atoms with Gasteiger partial charge in [-0.25, -0.2) is 0 Å². The molecule has 0 saturated heterocycles. The molecule has 1 aromatic heterocycles. The van der Waals surface area contributed by atoms with Crippen molar-refractivity contribution in [2.45, 2.75) is 52.2 Å². The van der Waals surface area contributed by atoms with Crippen LogP contribution in [0, 0.1) is 34.8 Å². The van der Waals surface area contributed by atoms with Gasteiger partial charge in [-0.2, -0.15) is 0 Å². The molecule has 4 atom stereocenters. The van der Waals surface area contributed by atoms with Gasteiger partial charge in [0.2, 0.25) is 0 Å². The molecule has 29 heavy (non-hydrogen) atoms. The van der Waals surface area contributed by atoms with Gasteiger partial charge < -0.3 is 14.5 Å². The van der Waals surface area contributed by atoms with Crippen LogP contribution in [-0.2, 0) is 6.61 Å². The Morgan fingerprint density at radius 1 is 1.31 bits per heavy atom. The summed E-state index contributed by atoms with van der Waals surface area (Å²) < 4.78 is 11.3. The molecular weight excluding hydrogens is 372 g/mol. The molecule has 1 N–H and O–H groups in total. The number of amides is 1. The Kier molecular flexibility index (Phi) is 5.30. The monoisotopic (exact) mass is 398 g/mol. The van der Waals surface area contributed by atoms with Gasteiger partial charge in [-0.05, 0) is 75.1 Å². The highest BCUT2D eigenvalue weighted by Crippen LogP contribution is 2.49. The van der Waals surface area contributed by atoms with Crippen molar-refractivity contribution in [2.75, 3.05) is 0 Å². The van der Waals surface area contributed by atoms with Crippen LogP contribution in [0.25, 0.3) is 0 Å². The van der Waals surface area contributed by atoms with Crippen molar-refractivity contribution in [1.29, 1.82) is 0 Å². The summed E-state index contributed by atoms with van der Waals surface area (Å²) in [5, 5.41) is 14.0. The number of nitro benzene ring substituents is 1. The lowest BCUT2D eigenvalue weighted by atomic mass is 9.84. The van der Waals surface area contributed by atoms with Gasteiger partial charge >= 0.3 is 0 Å². The summed E-state index contributed by atoms with van der Waals surface area (Å²) in [7, 11) is 0. The summed E-state index contributed by atoms with van der Waals surface area (Å²) in [4.78, 5) is 23.0. The third-order valence-electron chi connectivity index (χ3n) is 6.43. The number of carbonyl (C=O) groups is 1. The van der Waals surface area contributed by atoms with E-state index >= 15 is 0 Å². The van der Waals surface area contributed by atoms with E-state index in [1.54, 1.807) is 31.2 Å². The van der Waals surface area contributed by atoms with E-state index in [-0.39, 0.29) is 30.0 Å². The highest BCUT2D eigenvalue weighted by atomic mass is 16.6. The Labute approximate surface area is 169 Å². The first kappa shape index (κ1) is 19.5. The molecule has 1 aromatic carbocycles. The van der Waals surface area contributed by atoms with E-state index in [2.05, 4.69) is 12.2 Å². The molecule has 4 unspecified atom stereocenters. The second-order valence-electron chi connectivity index (χ2n) is 8.36. The van der Waals surface area contributed by atoms with E-state index in [1.165, 1.54) is 31.7 Å². The van der Waals surface area contributed by atoms with E-state index in [0.717, 1.165) is 11.8 Å².